The molecule has 10 aliphatic rings. The quantitative estimate of drug-likeness (QED) is 0.00931. The number of hydrogen-bond acceptors (Lipinski definition) is 43. The Morgan fingerprint density at radius 1 is 0.416 bits per heavy atom. The van der Waals surface area contributed by atoms with E-state index in [1.165, 1.54) is 18.0 Å². The maximum absolute atomic E-state index is 12.3. The number of nitrogens with one attached hydrogen (secondary N) is 5. The fraction of sp³-hybridized carbons (Fsp3) is 0.633. The standard InChI is InChI=1S/C24H30N4O6S.C20H31N3O5SSi.C17H23N3O5S.C15H22IN3O5S.C15H22IN3O3S.C7H8INO/c1-6-15-7-13-9-17(32-18(13)10-25-15)19-12(2)26-23(35(5,30)31)28-22(19)27-16-8-14(11-29)20-21(16)34-24(3,4)33-20;1-12-14(8-9-30(5,6)7)18(23-19(21-12)29(4,25)26)22-15-10-13(11-24)16-17(15)28-20(2,3)27-16;1-6-11-9(2)18-16(26(5,22)23)20-15(11)19-12-7-10(8-21)13-14(12)25-17(3,4)24-13;1-7-10(16)13(19-14(17-7)25(4,21)22)18-9-5-8(6-20)11-12(9)24-15(2,3)23-11;1-7-10(16)13(19-14(17-7)23-4)18-9-5-8(6-20)11-12(9)22-15(2,3)21-11;1-2-5-3-6(8)7(10)4-9-5/h7,9-10,14,16,20-21,29H,6,8,11H2,1-5H3,(H,26,27,28);13,15-17,24H,10-11H2,1-7H3,(H,21,22,23);1,10,12-14,21H,7-8H2,2-5H3,(H,18,19,20);8-9,11-12,20H,5-6H2,1-4H3,(H,17,18,19);8-9,11-12,20H,5-6H2,1-4H3,(H,17,18,19);3-4,10H,2H2,1H3/t14-,16-,20-,21+;13-,15-,16-,17+;10-,12-,13-,14+;2*8-,9-,11-,12+;/m11111./s1. The molecule has 0 spiro atoms. The van der Waals surface area contributed by atoms with Gasteiger partial charge in [-0.25, -0.2) is 68.6 Å². The lowest BCUT2D eigenvalue weighted by molar-refractivity contribution is -0.159. The molecule has 5 saturated carbocycles. The molecule has 10 fully saturated rings. The normalized spacial score (nSPS) is 27.8. The van der Waals surface area contributed by atoms with Crippen LogP contribution in [0.4, 0.5) is 29.1 Å². The largest absolute Gasteiger partial charge is 0.505 e. The zero-order valence-electron chi connectivity index (χ0n) is 88.0. The van der Waals surface area contributed by atoms with Crippen LogP contribution in [-0.4, -0.2) is 317 Å². The fourth-order valence-corrected chi connectivity index (χ4v) is 24.2. The summed E-state index contributed by atoms with van der Waals surface area (Å²) in [5.74, 6) is 4.89. The van der Waals surface area contributed by atoms with E-state index in [0.29, 0.717) is 93.9 Å². The molecule has 18 rings (SSSR count). The molecule has 20 atom stereocenters. The average molecular weight is 2520 g/mol. The second kappa shape index (κ2) is 46.9. The van der Waals surface area contributed by atoms with E-state index in [0.717, 1.165) is 88.4 Å². The van der Waals surface area contributed by atoms with Crippen molar-refractivity contribution in [1.82, 2.24) is 59.8 Å². The molecule has 11 N–H and O–H groups in total. The van der Waals surface area contributed by atoms with Crippen molar-refractivity contribution in [2.24, 2.45) is 29.6 Å². The van der Waals surface area contributed by atoms with Crippen molar-refractivity contribution in [2.75, 3.05) is 90.9 Å². The molecule has 0 aromatic carbocycles. The highest BCUT2D eigenvalue weighted by atomic mass is 127. The highest BCUT2D eigenvalue weighted by molar-refractivity contribution is 14.1. The summed E-state index contributed by atoms with van der Waals surface area (Å²) in [7, 11) is -16.0. The maximum Gasteiger partial charge on any atom is 0.249 e. The van der Waals surface area contributed by atoms with Crippen molar-refractivity contribution < 1.29 is 116 Å². The number of aromatic hydroxyl groups is 1. The minimum Gasteiger partial charge on any atom is -0.505 e. The highest BCUT2D eigenvalue weighted by Crippen LogP contribution is 2.50. The Kier molecular flexibility index (Phi) is 37.5. The number of ether oxygens (including phenoxy) is 10. The van der Waals surface area contributed by atoms with Crippen molar-refractivity contribution in [3.05, 3.63) is 92.3 Å². The number of aryl methyl sites for hydroxylation is 7. The first-order valence-corrected chi connectivity index (χ1v) is 64.3. The van der Waals surface area contributed by atoms with Gasteiger partial charge < -0.3 is 109 Å². The topological polar surface area (TPSA) is 578 Å². The number of furan rings is 1. The lowest BCUT2D eigenvalue weighted by Crippen LogP contribution is -2.35. The van der Waals surface area contributed by atoms with Crippen LogP contribution in [0.15, 0.2) is 60.8 Å². The van der Waals surface area contributed by atoms with Gasteiger partial charge in [0.1, 0.15) is 79.2 Å². The monoisotopic (exact) mass is 2520 g/mol. The van der Waals surface area contributed by atoms with Gasteiger partial charge in [-0.2, -0.15) is 15.0 Å². The number of pyridine rings is 2. The van der Waals surface area contributed by atoms with Crippen molar-refractivity contribution in [2.45, 2.75) is 328 Å². The number of terminal acetylenes is 1. The van der Waals surface area contributed by atoms with Gasteiger partial charge in [-0.05, 0) is 241 Å². The number of halogens is 3. The van der Waals surface area contributed by atoms with Crippen molar-refractivity contribution in [3.8, 4) is 40.9 Å². The van der Waals surface area contributed by atoms with Crippen LogP contribution in [0.5, 0.6) is 5.75 Å². The SMILES string of the molecule is C#Cc1c(C)nc(S(C)(=O)=O)nc1N[C@@H]1C[C@H](CO)[C@H]2OC(C)(C)O[C@H]21.CCc1cc(I)c(O)cn1.CCc1cc2cc(-c3c(C)nc(S(C)(=O)=O)nc3N[C@@H]3C[C@H](CO)[C@H]4OC(C)(C)O[C@H]43)oc2cn1.CSc1nc(C)c(I)c(N[C@@H]2C[C@H](CO)[C@H]3OC(C)(C)O[C@H]32)n1.Cc1nc(S(C)(=O)=O)nc(N[C@@H]2C[C@H](CO)[C@H]3OC(C)(C)O[C@H]32)c1C#C[Si](C)(C)C.Cc1nc(S(C)(=O)=O)nc(N[C@@H]2C[C@H](CO)[C@H]3OC(C)(C)O[C@H]32)c1I. The third-order valence-electron chi connectivity index (χ3n) is 26.4. The molecular formula is C98H136I3N17O25S5Si. The summed E-state index contributed by atoms with van der Waals surface area (Å²) in [6.07, 6.45) is 17.7. The number of fused-ring (bicyclic) bond motifs is 6. The Labute approximate surface area is 916 Å². The van der Waals surface area contributed by atoms with Gasteiger partial charge in [0.25, 0.3) is 0 Å². The Bertz CT molecular complexity index is 6870. The Morgan fingerprint density at radius 3 is 1.06 bits per heavy atom. The Hall–Kier alpha value is -6.88. The summed E-state index contributed by atoms with van der Waals surface area (Å²) >= 11 is 7.97. The van der Waals surface area contributed by atoms with E-state index in [-0.39, 0.29) is 186 Å². The van der Waals surface area contributed by atoms with Crippen molar-refractivity contribution >= 4 is 167 Å². The molecule has 8 aromatic rings. The second-order valence-electron chi connectivity index (χ2n) is 42.0. The first-order chi connectivity index (χ1) is 69.3. The molecule has 5 saturated heterocycles. The van der Waals surface area contributed by atoms with Crippen LogP contribution < -0.4 is 26.6 Å². The maximum atomic E-state index is 12.3. The highest BCUT2D eigenvalue weighted by Gasteiger charge is 2.60. The van der Waals surface area contributed by atoms with Gasteiger partial charge in [0.15, 0.2) is 39.7 Å². The molecule has 0 radical (unpaired) electrons. The van der Waals surface area contributed by atoms with Gasteiger partial charge in [0, 0.05) is 104 Å². The minimum absolute atomic E-state index is 0.00721. The van der Waals surface area contributed by atoms with E-state index in [1.807, 2.05) is 114 Å². The van der Waals surface area contributed by atoms with E-state index in [9.17, 15) is 59.2 Å². The summed E-state index contributed by atoms with van der Waals surface area (Å²) in [6, 6.07) is 4.97. The Morgan fingerprint density at radius 2 is 0.718 bits per heavy atom. The van der Waals surface area contributed by atoms with Gasteiger partial charge in [-0.3, -0.25) is 9.97 Å². The number of aliphatic hydroxyl groups is 5. The number of nitrogens with zero attached hydrogens (tertiary/aromatic N) is 12. The van der Waals surface area contributed by atoms with E-state index >= 15 is 0 Å². The number of anilines is 5. The molecule has 5 aliphatic heterocycles. The molecule has 0 unspecified atom stereocenters. The predicted molar refractivity (Wildman–Crippen MR) is 584 cm³/mol. The van der Waals surface area contributed by atoms with E-state index < -0.39 is 76.4 Å². The van der Waals surface area contributed by atoms with Crippen LogP contribution in [0.1, 0.15) is 166 Å². The molecule has 13 heterocycles. The number of hydrogen-bond donors (Lipinski definition) is 11. The summed E-state index contributed by atoms with van der Waals surface area (Å²) in [5.41, 5.74) is 10.4. The predicted octanol–water partition coefficient (Wildman–Crippen LogP) is 10.6. The third kappa shape index (κ3) is 28.6. The zero-order valence-corrected chi connectivity index (χ0v) is 99.5. The van der Waals surface area contributed by atoms with Gasteiger partial charge in [0.05, 0.1) is 129 Å². The fourth-order valence-electron chi connectivity index (χ4n) is 19.7. The number of thioether (sulfide) groups is 1. The number of sulfone groups is 4. The molecular weight excluding hydrogens is 2380 g/mol. The number of rotatable bonds is 23. The molecule has 51 heteroatoms. The van der Waals surface area contributed by atoms with Gasteiger partial charge >= 0.3 is 0 Å². The van der Waals surface area contributed by atoms with E-state index in [4.69, 9.17) is 63.3 Å². The van der Waals surface area contributed by atoms with Crippen molar-refractivity contribution in [3.63, 3.8) is 0 Å². The number of aliphatic hydroxyl groups excluding tert-OH is 5. The lowest BCUT2D eigenvalue weighted by atomic mass is 10.1. The summed E-state index contributed by atoms with van der Waals surface area (Å²) in [6.45, 7) is 37.9. The van der Waals surface area contributed by atoms with Gasteiger partial charge in [-0.15, -0.1) is 12.0 Å². The lowest BCUT2D eigenvalue weighted by Gasteiger charge is -2.24. The summed E-state index contributed by atoms with van der Waals surface area (Å²) in [4.78, 5) is 51.0. The first-order valence-electron chi connectivity index (χ1n) is 48.8. The summed E-state index contributed by atoms with van der Waals surface area (Å²) in [5, 5.41) is 75.2. The molecule has 8 aromatic heterocycles. The van der Waals surface area contributed by atoms with Crippen LogP contribution in [0, 0.1) is 98.7 Å². The average Bonchev–Trinajstić information content (AvgIpc) is 1.64. The van der Waals surface area contributed by atoms with Crippen LogP contribution in [-0.2, 0) is 99.6 Å². The van der Waals surface area contributed by atoms with Crippen LogP contribution in [0.2, 0.25) is 19.6 Å². The smallest absolute Gasteiger partial charge is 0.249 e. The Balaban J connectivity index is 0.000000153. The van der Waals surface area contributed by atoms with Crippen LogP contribution in [0.25, 0.3) is 22.3 Å². The molecule has 0 amide bonds. The van der Waals surface area contributed by atoms with Crippen LogP contribution >= 0.6 is 79.5 Å². The van der Waals surface area contributed by atoms with E-state index in [2.05, 4.69) is 191 Å². The molecule has 818 valence electrons. The second-order valence-corrected chi connectivity index (χ2v) is 58.5. The molecule has 42 nitrogen and oxygen atoms in total. The van der Waals surface area contributed by atoms with Gasteiger partial charge in [0.2, 0.25) is 60.0 Å². The van der Waals surface area contributed by atoms with Crippen LogP contribution in [0.3, 0.4) is 0 Å². The molecule has 5 aliphatic carbocycles. The molecule has 0 bridgehead atoms. The van der Waals surface area contributed by atoms with Gasteiger partial charge in [-0.1, -0.05) is 57.1 Å². The number of aromatic nitrogens is 12. The minimum atomic E-state index is -3.66. The first kappa shape index (κ1) is 119. The molecule has 149 heavy (non-hydrogen) atoms. The summed E-state index contributed by atoms with van der Waals surface area (Å²) < 4.78 is 165. The zero-order chi connectivity index (χ0) is 110. The van der Waals surface area contributed by atoms with Crippen molar-refractivity contribution in [1.29, 1.82) is 0 Å². The van der Waals surface area contributed by atoms with E-state index in [1.54, 1.807) is 33.9 Å². The third-order valence-corrected chi connectivity index (χ3v) is 34.7.